The molecule has 0 aliphatic carbocycles. The van der Waals surface area contributed by atoms with E-state index in [-0.39, 0.29) is 5.97 Å². The predicted octanol–water partition coefficient (Wildman–Crippen LogP) is 5.52. The Morgan fingerprint density at radius 1 is 1.03 bits per heavy atom. The molecule has 0 bridgehead atoms. The van der Waals surface area contributed by atoms with Crippen LogP contribution >= 0.6 is 11.6 Å². The van der Waals surface area contributed by atoms with Crippen LogP contribution in [0.1, 0.15) is 28.4 Å². The molecule has 0 atom stereocenters. The number of aliphatic imine (C=N–C) groups is 1. The smallest absolute Gasteiger partial charge is 0.347 e. The van der Waals surface area contributed by atoms with Gasteiger partial charge in [-0.3, -0.25) is 0 Å². The molecular formula is C24H20ClN3O3. The Balaban J connectivity index is 1.62. The number of hydrogen-bond donors (Lipinski definition) is 1. The van der Waals surface area contributed by atoms with Gasteiger partial charge in [-0.2, -0.15) is 4.99 Å². The van der Waals surface area contributed by atoms with Crippen molar-refractivity contribution in [3.05, 3.63) is 94.5 Å². The van der Waals surface area contributed by atoms with E-state index in [0.29, 0.717) is 35.3 Å². The molecule has 7 heteroatoms. The maximum atomic E-state index is 12.6. The highest BCUT2D eigenvalue weighted by atomic mass is 35.5. The van der Waals surface area contributed by atoms with Crippen molar-refractivity contribution >= 4 is 40.8 Å². The molecule has 3 aromatic carbocycles. The predicted molar refractivity (Wildman–Crippen MR) is 122 cm³/mol. The Labute approximate surface area is 185 Å². The SMILES string of the molecule is CCOC(=O)c1ccc(N2Cc3ccccc3C2=NC(=O)Nc2ccc(Cl)cc2)cc1. The number of nitrogens with one attached hydrogen (secondary N) is 1. The zero-order valence-corrected chi connectivity index (χ0v) is 17.6. The molecule has 2 amide bonds. The number of anilines is 2. The molecule has 0 aromatic heterocycles. The molecule has 0 radical (unpaired) electrons. The number of urea groups is 1. The number of carbonyl (C=O) groups excluding carboxylic acids is 2. The number of benzene rings is 3. The zero-order chi connectivity index (χ0) is 21.8. The molecule has 156 valence electrons. The Hall–Kier alpha value is -3.64. The Morgan fingerprint density at radius 2 is 1.74 bits per heavy atom. The van der Waals surface area contributed by atoms with E-state index in [0.717, 1.165) is 16.8 Å². The largest absolute Gasteiger partial charge is 0.462 e. The van der Waals surface area contributed by atoms with Crippen LogP contribution in [0.3, 0.4) is 0 Å². The van der Waals surface area contributed by atoms with Crippen molar-refractivity contribution in [1.82, 2.24) is 0 Å². The lowest BCUT2D eigenvalue weighted by Gasteiger charge is -2.19. The van der Waals surface area contributed by atoms with Gasteiger partial charge in [0.25, 0.3) is 0 Å². The van der Waals surface area contributed by atoms with Gasteiger partial charge in [-0.25, -0.2) is 9.59 Å². The fourth-order valence-electron chi connectivity index (χ4n) is 3.37. The third kappa shape index (κ3) is 4.59. The number of amides is 2. The molecule has 0 saturated carbocycles. The van der Waals surface area contributed by atoms with E-state index < -0.39 is 6.03 Å². The van der Waals surface area contributed by atoms with Crippen LogP contribution in [0.25, 0.3) is 0 Å². The fourth-order valence-corrected chi connectivity index (χ4v) is 3.50. The second kappa shape index (κ2) is 9.02. The Bertz CT molecular complexity index is 1140. The van der Waals surface area contributed by atoms with Crippen LogP contribution in [0.4, 0.5) is 16.2 Å². The van der Waals surface area contributed by atoms with Crippen LogP contribution in [0, 0.1) is 0 Å². The third-order valence-corrected chi connectivity index (χ3v) is 5.09. The molecule has 0 saturated heterocycles. The molecule has 4 rings (SSSR count). The zero-order valence-electron chi connectivity index (χ0n) is 16.8. The highest BCUT2D eigenvalue weighted by molar-refractivity contribution is 6.30. The summed E-state index contributed by atoms with van der Waals surface area (Å²) in [6, 6.07) is 21.2. The first kappa shape index (κ1) is 20.6. The third-order valence-electron chi connectivity index (χ3n) is 4.84. The van der Waals surface area contributed by atoms with E-state index >= 15 is 0 Å². The lowest BCUT2D eigenvalue weighted by Crippen LogP contribution is -2.26. The summed E-state index contributed by atoms with van der Waals surface area (Å²) in [6.45, 7) is 2.66. The highest BCUT2D eigenvalue weighted by Gasteiger charge is 2.27. The minimum Gasteiger partial charge on any atom is -0.462 e. The van der Waals surface area contributed by atoms with Crippen molar-refractivity contribution < 1.29 is 14.3 Å². The van der Waals surface area contributed by atoms with E-state index in [1.807, 2.05) is 41.3 Å². The van der Waals surface area contributed by atoms with Crippen molar-refractivity contribution in [3.8, 4) is 0 Å². The molecule has 1 aliphatic heterocycles. The number of halogens is 1. The van der Waals surface area contributed by atoms with Gasteiger partial charge in [0.2, 0.25) is 0 Å². The van der Waals surface area contributed by atoms with Gasteiger partial charge >= 0.3 is 12.0 Å². The Morgan fingerprint density at radius 3 is 2.45 bits per heavy atom. The van der Waals surface area contributed by atoms with E-state index in [2.05, 4.69) is 10.3 Å². The van der Waals surface area contributed by atoms with Crippen LogP contribution in [0.15, 0.2) is 77.8 Å². The molecule has 1 aliphatic rings. The number of rotatable bonds is 4. The second-order valence-corrected chi connectivity index (χ2v) is 7.32. The number of ether oxygens (including phenoxy) is 1. The molecule has 0 spiro atoms. The van der Waals surface area contributed by atoms with E-state index in [1.165, 1.54) is 0 Å². The summed E-state index contributed by atoms with van der Waals surface area (Å²) in [5.74, 6) is 0.181. The first-order valence-electron chi connectivity index (χ1n) is 9.83. The summed E-state index contributed by atoms with van der Waals surface area (Å²) in [5, 5.41) is 3.35. The summed E-state index contributed by atoms with van der Waals surface area (Å²) in [6.07, 6.45) is 0. The molecule has 1 heterocycles. The summed E-state index contributed by atoms with van der Waals surface area (Å²) < 4.78 is 5.04. The van der Waals surface area contributed by atoms with Crippen LogP contribution < -0.4 is 10.2 Å². The van der Waals surface area contributed by atoms with Crippen LogP contribution in [0.5, 0.6) is 0 Å². The summed E-state index contributed by atoms with van der Waals surface area (Å²) in [5.41, 5.74) is 3.86. The van der Waals surface area contributed by atoms with Gasteiger partial charge < -0.3 is 15.0 Å². The van der Waals surface area contributed by atoms with Crippen LogP contribution in [-0.4, -0.2) is 24.4 Å². The molecule has 3 aromatic rings. The second-order valence-electron chi connectivity index (χ2n) is 6.88. The van der Waals surface area contributed by atoms with E-state index in [4.69, 9.17) is 16.3 Å². The van der Waals surface area contributed by atoms with Gasteiger partial charge in [0.15, 0.2) is 0 Å². The lowest BCUT2D eigenvalue weighted by molar-refractivity contribution is 0.0526. The van der Waals surface area contributed by atoms with Gasteiger partial charge in [0.05, 0.1) is 18.7 Å². The molecule has 31 heavy (non-hydrogen) atoms. The number of esters is 1. The van der Waals surface area contributed by atoms with Crippen LogP contribution in [-0.2, 0) is 11.3 Å². The van der Waals surface area contributed by atoms with Gasteiger partial charge in [0, 0.05) is 22.0 Å². The van der Waals surface area contributed by atoms with Crippen LogP contribution in [0.2, 0.25) is 5.02 Å². The highest BCUT2D eigenvalue weighted by Crippen LogP contribution is 2.29. The first-order valence-corrected chi connectivity index (χ1v) is 10.2. The van der Waals surface area contributed by atoms with Crippen molar-refractivity contribution in [2.24, 2.45) is 4.99 Å². The minimum absolute atomic E-state index is 0.321. The molecule has 1 N–H and O–H groups in total. The van der Waals surface area contributed by atoms with E-state index in [1.54, 1.807) is 43.3 Å². The topological polar surface area (TPSA) is 71.0 Å². The molecule has 0 unspecified atom stereocenters. The average molecular weight is 434 g/mol. The maximum absolute atomic E-state index is 12.6. The van der Waals surface area contributed by atoms with Gasteiger partial charge in [0.1, 0.15) is 5.84 Å². The van der Waals surface area contributed by atoms with Crippen molar-refractivity contribution in [2.45, 2.75) is 13.5 Å². The average Bonchev–Trinajstić information content (AvgIpc) is 3.14. The quantitative estimate of drug-likeness (QED) is 0.550. The van der Waals surface area contributed by atoms with E-state index in [9.17, 15) is 9.59 Å². The summed E-state index contributed by atoms with van der Waals surface area (Å²) in [7, 11) is 0. The molecule has 6 nitrogen and oxygen atoms in total. The van der Waals surface area contributed by atoms with Crippen molar-refractivity contribution in [1.29, 1.82) is 0 Å². The molecular weight excluding hydrogens is 414 g/mol. The number of fused-ring (bicyclic) bond motifs is 1. The maximum Gasteiger partial charge on any atom is 0.347 e. The molecule has 0 fully saturated rings. The van der Waals surface area contributed by atoms with Gasteiger partial charge in [-0.1, -0.05) is 35.9 Å². The lowest BCUT2D eigenvalue weighted by atomic mass is 10.1. The van der Waals surface area contributed by atoms with Gasteiger partial charge in [-0.05, 0) is 61.0 Å². The fraction of sp³-hybridized carbons (Fsp3) is 0.125. The number of nitrogens with zero attached hydrogens (tertiary/aromatic N) is 2. The normalized spacial score (nSPS) is 13.7. The monoisotopic (exact) mass is 433 g/mol. The summed E-state index contributed by atoms with van der Waals surface area (Å²) in [4.78, 5) is 30.9. The number of amidine groups is 1. The standard InChI is InChI=1S/C24H20ClN3O3/c1-2-31-23(29)16-7-13-20(14-8-16)28-15-17-5-3-4-6-21(17)22(28)27-24(30)26-19-11-9-18(25)10-12-19/h3-14H,2,15H2,1H3,(H,26,30). The minimum atomic E-state index is -0.484. The first-order chi connectivity index (χ1) is 15.0. The van der Waals surface area contributed by atoms with Gasteiger partial charge in [-0.15, -0.1) is 0 Å². The number of carbonyl (C=O) groups is 2. The Kier molecular flexibility index (Phi) is 6.00. The number of hydrogen-bond acceptors (Lipinski definition) is 3. The summed E-state index contributed by atoms with van der Waals surface area (Å²) >= 11 is 5.90. The van der Waals surface area contributed by atoms with Crippen molar-refractivity contribution in [3.63, 3.8) is 0 Å². The van der Waals surface area contributed by atoms with Crippen molar-refractivity contribution in [2.75, 3.05) is 16.8 Å².